The van der Waals surface area contributed by atoms with Gasteiger partial charge >= 0.3 is 0 Å². The molecule has 0 bridgehead atoms. The van der Waals surface area contributed by atoms with Crippen LogP contribution in [0.4, 0.5) is 5.13 Å². The Hall–Kier alpha value is -1.92. The molecule has 1 aromatic carbocycles. The predicted molar refractivity (Wildman–Crippen MR) is 94.5 cm³/mol. The number of aliphatic hydroxyl groups is 1. The molecule has 1 aliphatic carbocycles. The molecule has 126 valence electrons. The molecule has 5 nitrogen and oxygen atoms in total. The van der Waals surface area contributed by atoms with Gasteiger partial charge in [-0.15, -0.1) is 11.3 Å². The second-order valence-corrected chi connectivity index (χ2v) is 7.60. The minimum absolute atomic E-state index is 0.0404. The molecule has 1 aromatic heterocycles. The molecule has 1 saturated carbocycles. The highest BCUT2D eigenvalue weighted by Crippen LogP contribution is 2.35. The van der Waals surface area contributed by atoms with E-state index in [1.54, 1.807) is 0 Å². The molecule has 1 amide bonds. The first-order valence-corrected chi connectivity index (χ1v) is 9.26. The van der Waals surface area contributed by atoms with Crippen LogP contribution in [0, 0.1) is 0 Å². The maximum atomic E-state index is 12.8. The van der Waals surface area contributed by atoms with Crippen LogP contribution >= 0.6 is 11.3 Å². The van der Waals surface area contributed by atoms with Crippen molar-refractivity contribution < 1.29 is 9.90 Å². The lowest BCUT2D eigenvalue weighted by Crippen LogP contribution is -2.37. The summed E-state index contributed by atoms with van der Waals surface area (Å²) in [5.74, 6) is -0.0404. The van der Waals surface area contributed by atoms with Gasteiger partial charge in [0, 0.05) is 29.9 Å². The van der Waals surface area contributed by atoms with Gasteiger partial charge in [0.2, 0.25) is 0 Å². The third kappa shape index (κ3) is 2.91. The quantitative estimate of drug-likeness (QED) is 0.875. The van der Waals surface area contributed by atoms with Crippen LogP contribution in [0.2, 0.25) is 0 Å². The number of benzene rings is 1. The Morgan fingerprint density at radius 2 is 2.17 bits per heavy atom. The van der Waals surface area contributed by atoms with Crippen LogP contribution < -0.4 is 5.32 Å². The second-order valence-electron chi connectivity index (χ2n) is 6.74. The molecule has 2 heterocycles. The van der Waals surface area contributed by atoms with E-state index in [0.717, 1.165) is 17.1 Å². The summed E-state index contributed by atoms with van der Waals surface area (Å²) in [6.45, 7) is 1.23. The highest BCUT2D eigenvalue weighted by Gasteiger charge is 2.41. The van der Waals surface area contributed by atoms with Crippen LogP contribution in [0.3, 0.4) is 0 Å². The van der Waals surface area contributed by atoms with E-state index >= 15 is 0 Å². The zero-order chi connectivity index (χ0) is 16.6. The molecule has 2 N–H and O–H groups in total. The number of aliphatic hydroxyl groups excluding tert-OH is 1. The number of thiazole rings is 1. The Balaban J connectivity index is 1.49. The average molecular weight is 343 g/mol. The Morgan fingerprint density at radius 1 is 1.38 bits per heavy atom. The Bertz CT molecular complexity index is 729. The minimum atomic E-state index is -0.359. The van der Waals surface area contributed by atoms with Crippen LogP contribution in [0.15, 0.2) is 35.7 Å². The van der Waals surface area contributed by atoms with E-state index in [-0.39, 0.29) is 17.9 Å². The normalized spacial score (nSPS) is 23.5. The number of likely N-dealkylation sites (tertiary alicyclic amines) is 1. The van der Waals surface area contributed by atoms with Gasteiger partial charge in [-0.2, -0.15) is 0 Å². The van der Waals surface area contributed by atoms with Crippen molar-refractivity contribution in [3.63, 3.8) is 0 Å². The third-order valence-electron chi connectivity index (χ3n) is 4.96. The summed E-state index contributed by atoms with van der Waals surface area (Å²) in [5, 5.41) is 16.0. The van der Waals surface area contributed by atoms with Crippen LogP contribution in [0.5, 0.6) is 0 Å². The van der Waals surface area contributed by atoms with Gasteiger partial charge in [0.25, 0.3) is 5.91 Å². The largest absolute Gasteiger partial charge is 0.395 e. The van der Waals surface area contributed by atoms with E-state index in [9.17, 15) is 9.90 Å². The van der Waals surface area contributed by atoms with E-state index < -0.39 is 0 Å². The Labute approximate surface area is 145 Å². The maximum absolute atomic E-state index is 12.8. The standard InChI is InChI=1S/C18H21N3O2S/c22-12-18(13-4-2-1-3-5-13)8-9-21(11-18)16(23)15-10-24-17(20-15)19-14-6-7-14/h1-5,10,14,22H,6-9,11-12H2,(H,19,20). The monoisotopic (exact) mass is 343 g/mol. The fourth-order valence-electron chi connectivity index (χ4n) is 3.30. The first-order valence-electron chi connectivity index (χ1n) is 8.38. The summed E-state index contributed by atoms with van der Waals surface area (Å²) in [7, 11) is 0. The lowest BCUT2D eigenvalue weighted by atomic mass is 9.80. The van der Waals surface area contributed by atoms with Gasteiger partial charge in [0.1, 0.15) is 5.69 Å². The van der Waals surface area contributed by atoms with E-state index in [1.807, 2.05) is 40.6 Å². The smallest absolute Gasteiger partial charge is 0.273 e. The summed E-state index contributed by atoms with van der Waals surface area (Å²) >= 11 is 1.49. The zero-order valence-corrected chi connectivity index (χ0v) is 14.3. The van der Waals surface area contributed by atoms with Crippen molar-refractivity contribution in [3.05, 3.63) is 47.0 Å². The molecule has 2 aromatic rings. The Morgan fingerprint density at radius 3 is 2.88 bits per heavy atom. The molecule has 4 rings (SSSR count). The lowest BCUT2D eigenvalue weighted by Gasteiger charge is -2.27. The number of nitrogens with zero attached hydrogens (tertiary/aromatic N) is 2. The van der Waals surface area contributed by atoms with Crippen molar-refractivity contribution >= 4 is 22.4 Å². The number of nitrogens with one attached hydrogen (secondary N) is 1. The number of carbonyl (C=O) groups is 1. The minimum Gasteiger partial charge on any atom is -0.395 e. The van der Waals surface area contributed by atoms with Crippen LogP contribution in [0.25, 0.3) is 0 Å². The molecule has 1 atom stereocenters. The van der Waals surface area contributed by atoms with Gasteiger partial charge in [-0.1, -0.05) is 30.3 Å². The van der Waals surface area contributed by atoms with Crippen molar-refractivity contribution in [1.29, 1.82) is 0 Å². The lowest BCUT2D eigenvalue weighted by molar-refractivity contribution is 0.0769. The summed E-state index contributed by atoms with van der Waals surface area (Å²) in [5.41, 5.74) is 1.24. The van der Waals surface area contributed by atoms with Gasteiger partial charge < -0.3 is 15.3 Å². The molecule has 2 aliphatic rings. The molecular weight excluding hydrogens is 322 g/mol. The Kier molecular flexibility index (Phi) is 4.02. The van der Waals surface area contributed by atoms with Crippen LogP contribution in [-0.4, -0.2) is 46.6 Å². The van der Waals surface area contributed by atoms with Crippen molar-refractivity contribution in [2.24, 2.45) is 0 Å². The molecule has 6 heteroatoms. The average Bonchev–Trinajstić information content (AvgIpc) is 3.14. The van der Waals surface area contributed by atoms with E-state index in [2.05, 4.69) is 10.3 Å². The van der Waals surface area contributed by atoms with Gasteiger partial charge in [0.05, 0.1) is 6.61 Å². The summed E-state index contributed by atoms with van der Waals surface area (Å²) in [6.07, 6.45) is 3.15. The number of hydrogen-bond donors (Lipinski definition) is 2. The molecular formula is C18H21N3O2S. The molecule has 24 heavy (non-hydrogen) atoms. The number of hydrogen-bond acceptors (Lipinski definition) is 5. The molecule has 0 radical (unpaired) electrons. The van der Waals surface area contributed by atoms with Gasteiger partial charge in [-0.25, -0.2) is 4.98 Å². The number of aromatic nitrogens is 1. The number of rotatable bonds is 5. The van der Waals surface area contributed by atoms with Gasteiger partial charge in [0.15, 0.2) is 5.13 Å². The summed E-state index contributed by atoms with van der Waals surface area (Å²) in [6, 6.07) is 10.5. The number of carbonyl (C=O) groups excluding carboxylic acids is 1. The predicted octanol–water partition coefficient (Wildman–Crippen LogP) is 2.49. The SMILES string of the molecule is O=C(c1csc(NC2CC2)n1)N1CCC(CO)(c2ccccc2)C1. The van der Waals surface area contributed by atoms with Gasteiger partial charge in [-0.3, -0.25) is 4.79 Å². The van der Waals surface area contributed by atoms with Crippen molar-refractivity contribution in [3.8, 4) is 0 Å². The maximum Gasteiger partial charge on any atom is 0.273 e. The van der Waals surface area contributed by atoms with E-state index in [4.69, 9.17) is 0 Å². The topological polar surface area (TPSA) is 65.5 Å². The summed E-state index contributed by atoms with van der Waals surface area (Å²) < 4.78 is 0. The van der Waals surface area contributed by atoms with Crippen molar-refractivity contribution in [1.82, 2.24) is 9.88 Å². The molecule has 1 aliphatic heterocycles. The molecule has 1 saturated heterocycles. The first kappa shape index (κ1) is 15.6. The highest BCUT2D eigenvalue weighted by molar-refractivity contribution is 7.13. The number of amides is 1. The summed E-state index contributed by atoms with van der Waals surface area (Å²) in [4.78, 5) is 19.0. The molecule has 2 fully saturated rings. The van der Waals surface area contributed by atoms with E-state index in [1.165, 1.54) is 24.2 Å². The van der Waals surface area contributed by atoms with Crippen LogP contribution in [-0.2, 0) is 5.41 Å². The molecule has 0 spiro atoms. The third-order valence-corrected chi connectivity index (χ3v) is 5.73. The highest BCUT2D eigenvalue weighted by atomic mass is 32.1. The van der Waals surface area contributed by atoms with E-state index in [0.29, 0.717) is 24.8 Å². The fraction of sp³-hybridized carbons (Fsp3) is 0.444. The second kappa shape index (κ2) is 6.18. The zero-order valence-electron chi connectivity index (χ0n) is 13.4. The first-order chi connectivity index (χ1) is 11.7. The van der Waals surface area contributed by atoms with Gasteiger partial charge in [-0.05, 0) is 24.8 Å². The van der Waals surface area contributed by atoms with Crippen molar-refractivity contribution in [2.75, 3.05) is 25.0 Å². The fourth-order valence-corrected chi connectivity index (χ4v) is 4.06. The van der Waals surface area contributed by atoms with Crippen molar-refractivity contribution in [2.45, 2.75) is 30.7 Å². The molecule has 1 unspecified atom stereocenters. The van der Waals surface area contributed by atoms with Crippen LogP contribution in [0.1, 0.15) is 35.3 Å². The number of anilines is 1.